The van der Waals surface area contributed by atoms with Crippen LogP contribution in [0.2, 0.25) is 0 Å². The number of amides is 1. The van der Waals surface area contributed by atoms with Gasteiger partial charge in [0.2, 0.25) is 5.91 Å². The minimum atomic E-state index is -0.256. The largest absolute Gasteiger partial charge is 0.324 e. The lowest BCUT2D eigenvalue weighted by Gasteiger charge is -2.11. The van der Waals surface area contributed by atoms with Gasteiger partial charge >= 0.3 is 0 Å². The number of thiophene rings is 1. The molecule has 0 aliphatic rings. The van der Waals surface area contributed by atoms with Crippen molar-refractivity contribution in [3.63, 3.8) is 0 Å². The van der Waals surface area contributed by atoms with Crippen LogP contribution in [0.1, 0.15) is 11.1 Å². The van der Waals surface area contributed by atoms with E-state index in [1.54, 1.807) is 0 Å². The molecule has 0 aliphatic heterocycles. The second-order valence-corrected chi connectivity index (χ2v) is 7.53. The molecule has 0 unspecified atom stereocenters. The Bertz CT molecular complexity index is 1230. The molecule has 2 heterocycles. The average Bonchev–Trinajstić information content (AvgIpc) is 3.13. The average molecular weight is 389 g/mol. The van der Waals surface area contributed by atoms with E-state index in [0.717, 1.165) is 27.9 Å². The molecule has 28 heavy (non-hydrogen) atoms. The number of benzene rings is 2. The van der Waals surface area contributed by atoms with Crippen molar-refractivity contribution in [2.75, 3.05) is 5.32 Å². The van der Waals surface area contributed by atoms with Gasteiger partial charge in [0.15, 0.2) is 0 Å². The van der Waals surface area contributed by atoms with E-state index in [-0.39, 0.29) is 18.0 Å². The molecule has 0 aliphatic carbocycles. The first kappa shape index (κ1) is 18.1. The highest BCUT2D eigenvalue weighted by atomic mass is 32.1. The molecule has 1 N–H and O–H groups in total. The Balaban J connectivity index is 1.66. The molecule has 1 amide bonds. The summed E-state index contributed by atoms with van der Waals surface area (Å²) in [6.07, 6.45) is 1.44. The number of hydrogen-bond acceptors (Lipinski definition) is 4. The number of aromatic nitrogens is 2. The van der Waals surface area contributed by atoms with Crippen molar-refractivity contribution in [3.05, 3.63) is 81.7 Å². The molecular formula is C22H19N3O2S. The van der Waals surface area contributed by atoms with Gasteiger partial charge in [-0.3, -0.25) is 14.2 Å². The topological polar surface area (TPSA) is 64.0 Å². The molecule has 0 radical (unpaired) electrons. The van der Waals surface area contributed by atoms with Crippen LogP contribution in [-0.4, -0.2) is 15.5 Å². The van der Waals surface area contributed by atoms with Crippen LogP contribution < -0.4 is 10.9 Å². The fourth-order valence-electron chi connectivity index (χ4n) is 3.14. The maximum absolute atomic E-state index is 13.0. The molecule has 2 aromatic carbocycles. The minimum absolute atomic E-state index is 0.0841. The van der Waals surface area contributed by atoms with Crippen LogP contribution >= 0.6 is 11.3 Å². The van der Waals surface area contributed by atoms with Gasteiger partial charge in [0, 0.05) is 16.6 Å². The highest BCUT2D eigenvalue weighted by Crippen LogP contribution is 2.30. The molecule has 0 bridgehead atoms. The summed E-state index contributed by atoms with van der Waals surface area (Å²) in [5.74, 6) is -0.256. The van der Waals surface area contributed by atoms with Crippen molar-refractivity contribution >= 4 is 33.1 Å². The Labute approximate surface area is 166 Å². The van der Waals surface area contributed by atoms with Crippen molar-refractivity contribution in [3.8, 4) is 11.1 Å². The summed E-state index contributed by atoms with van der Waals surface area (Å²) < 4.78 is 1.36. The smallest absolute Gasteiger partial charge is 0.263 e. The molecule has 0 saturated heterocycles. The van der Waals surface area contributed by atoms with Gasteiger partial charge < -0.3 is 5.32 Å². The summed E-state index contributed by atoms with van der Waals surface area (Å²) in [5.41, 5.74) is 4.48. The number of nitrogens with zero attached hydrogens (tertiary/aromatic N) is 2. The summed E-state index contributed by atoms with van der Waals surface area (Å²) in [7, 11) is 0. The van der Waals surface area contributed by atoms with E-state index in [4.69, 9.17) is 0 Å². The highest BCUT2D eigenvalue weighted by molar-refractivity contribution is 7.17. The molecule has 5 nitrogen and oxygen atoms in total. The third kappa shape index (κ3) is 3.34. The minimum Gasteiger partial charge on any atom is -0.324 e. The quantitative estimate of drug-likeness (QED) is 0.563. The molecular weight excluding hydrogens is 370 g/mol. The summed E-state index contributed by atoms with van der Waals surface area (Å²) in [6.45, 7) is 3.87. The van der Waals surface area contributed by atoms with Crippen molar-refractivity contribution in [1.29, 1.82) is 0 Å². The Kier molecular flexibility index (Phi) is 4.79. The summed E-state index contributed by atoms with van der Waals surface area (Å²) >= 11 is 1.43. The fourth-order valence-corrected chi connectivity index (χ4v) is 4.05. The standard InChI is InChI=1S/C22H19N3O2S/c1-14-7-6-10-18(15(14)2)24-19(26)11-25-13-23-21-20(22(25)27)17(12-28-21)16-8-4-3-5-9-16/h3-10,12-13H,11H2,1-2H3,(H,24,26). The predicted octanol–water partition coefficient (Wildman–Crippen LogP) is 4.38. The Morgan fingerprint density at radius 2 is 1.89 bits per heavy atom. The van der Waals surface area contributed by atoms with E-state index in [1.807, 2.05) is 67.8 Å². The first-order valence-corrected chi connectivity index (χ1v) is 9.80. The van der Waals surface area contributed by atoms with Crippen LogP contribution in [0.4, 0.5) is 5.69 Å². The molecule has 0 atom stereocenters. The van der Waals surface area contributed by atoms with Crippen LogP contribution in [0.3, 0.4) is 0 Å². The third-order valence-corrected chi connectivity index (χ3v) is 5.72. The van der Waals surface area contributed by atoms with Crippen LogP contribution in [0.15, 0.2) is 65.0 Å². The van der Waals surface area contributed by atoms with Gasteiger partial charge in [0.25, 0.3) is 5.56 Å². The molecule has 2 aromatic heterocycles. The van der Waals surface area contributed by atoms with Crippen LogP contribution in [0.5, 0.6) is 0 Å². The van der Waals surface area contributed by atoms with Crippen LogP contribution in [0, 0.1) is 13.8 Å². The van der Waals surface area contributed by atoms with Crippen molar-refractivity contribution < 1.29 is 4.79 Å². The Morgan fingerprint density at radius 1 is 1.11 bits per heavy atom. The normalized spacial score (nSPS) is 10.9. The van der Waals surface area contributed by atoms with E-state index < -0.39 is 0 Å². The predicted molar refractivity (Wildman–Crippen MR) is 114 cm³/mol. The van der Waals surface area contributed by atoms with Crippen LogP contribution in [-0.2, 0) is 11.3 Å². The molecule has 0 spiro atoms. The van der Waals surface area contributed by atoms with E-state index in [2.05, 4.69) is 10.3 Å². The molecule has 0 saturated carbocycles. The van der Waals surface area contributed by atoms with Gasteiger partial charge in [-0.2, -0.15) is 0 Å². The molecule has 0 fully saturated rings. The van der Waals surface area contributed by atoms with Gasteiger partial charge in [-0.15, -0.1) is 11.3 Å². The van der Waals surface area contributed by atoms with Gasteiger partial charge in [0.05, 0.1) is 11.7 Å². The monoisotopic (exact) mass is 389 g/mol. The zero-order chi connectivity index (χ0) is 19.7. The van der Waals surface area contributed by atoms with Gasteiger partial charge in [0.1, 0.15) is 11.4 Å². The number of hydrogen-bond donors (Lipinski definition) is 1. The zero-order valence-electron chi connectivity index (χ0n) is 15.6. The van der Waals surface area contributed by atoms with Crippen molar-refractivity contribution in [2.45, 2.75) is 20.4 Å². The molecule has 4 rings (SSSR count). The van der Waals surface area contributed by atoms with Gasteiger partial charge in [-0.05, 0) is 36.6 Å². The third-order valence-electron chi connectivity index (χ3n) is 4.84. The molecule has 140 valence electrons. The SMILES string of the molecule is Cc1cccc(NC(=O)Cn2cnc3scc(-c4ccccc4)c3c2=O)c1C. The maximum Gasteiger partial charge on any atom is 0.263 e. The Morgan fingerprint density at radius 3 is 2.68 bits per heavy atom. The lowest BCUT2D eigenvalue weighted by atomic mass is 10.1. The van der Waals surface area contributed by atoms with Crippen molar-refractivity contribution in [1.82, 2.24) is 9.55 Å². The molecule has 6 heteroatoms. The summed E-state index contributed by atoms with van der Waals surface area (Å²) in [4.78, 5) is 30.6. The maximum atomic E-state index is 13.0. The first-order valence-electron chi connectivity index (χ1n) is 8.92. The zero-order valence-corrected chi connectivity index (χ0v) is 16.4. The first-order chi connectivity index (χ1) is 13.5. The second kappa shape index (κ2) is 7.40. The van der Waals surface area contributed by atoms with E-state index in [9.17, 15) is 9.59 Å². The number of anilines is 1. The lowest BCUT2D eigenvalue weighted by Crippen LogP contribution is -2.28. The van der Waals surface area contributed by atoms with Gasteiger partial charge in [-0.1, -0.05) is 42.5 Å². The van der Waals surface area contributed by atoms with Gasteiger partial charge in [-0.25, -0.2) is 4.98 Å². The summed E-state index contributed by atoms with van der Waals surface area (Å²) in [5, 5.41) is 5.38. The molecule has 4 aromatic rings. The highest BCUT2D eigenvalue weighted by Gasteiger charge is 2.15. The number of aryl methyl sites for hydroxylation is 1. The van der Waals surface area contributed by atoms with E-state index in [0.29, 0.717) is 10.2 Å². The number of carbonyl (C=O) groups excluding carboxylic acids is 1. The number of nitrogens with one attached hydrogen (secondary N) is 1. The van der Waals surface area contributed by atoms with Crippen molar-refractivity contribution in [2.24, 2.45) is 0 Å². The number of rotatable bonds is 4. The van der Waals surface area contributed by atoms with Crippen LogP contribution in [0.25, 0.3) is 21.3 Å². The fraction of sp³-hybridized carbons (Fsp3) is 0.136. The number of fused-ring (bicyclic) bond motifs is 1. The lowest BCUT2D eigenvalue weighted by molar-refractivity contribution is -0.116. The van der Waals surface area contributed by atoms with E-state index in [1.165, 1.54) is 22.2 Å². The summed E-state index contributed by atoms with van der Waals surface area (Å²) in [6, 6.07) is 15.5. The number of carbonyl (C=O) groups is 1. The van der Waals surface area contributed by atoms with E-state index >= 15 is 0 Å². The second-order valence-electron chi connectivity index (χ2n) is 6.67. The Hall–Kier alpha value is -3.25.